The van der Waals surface area contributed by atoms with Crippen LogP contribution in [0.5, 0.6) is 0 Å². The summed E-state index contributed by atoms with van der Waals surface area (Å²) in [5, 5.41) is 7.32. The van der Waals surface area contributed by atoms with Crippen molar-refractivity contribution in [1.82, 2.24) is 24.7 Å². The lowest BCUT2D eigenvalue weighted by Gasteiger charge is -2.03. The average molecular weight is 409 g/mol. The molecule has 3 aromatic heterocycles. The second kappa shape index (κ2) is 7.84. The first-order valence-corrected chi connectivity index (χ1v) is 9.28. The Labute approximate surface area is 171 Å². The molecule has 3 heterocycles. The van der Waals surface area contributed by atoms with Crippen molar-refractivity contribution >= 4 is 23.2 Å². The number of amides is 1. The molecule has 0 fully saturated rings. The maximum atomic E-state index is 12.4. The molecule has 0 spiro atoms. The summed E-state index contributed by atoms with van der Waals surface area (Å²) in [5.41, 5.74) is 1.62. The zero-order chi connectivity index (χ0) is 20.4. The lowest BCUT2D eigenvalue weighted by Crippen LogP contribution is -2.12. The number of benzene rings is 1. The van der Waals surface area contributed by atoms with E-state index in [0.29, 0.717) is 33.8 Å². The molecule has 8 nitrogen and oxygen atoms in total. The molecule has 1 aromatic carbocycles. The van der Waals surface area contributed by atoms with E-state index in [2.05, 4.69) is 25.4 Å². The van der Waals surface area contributed by atoms with Crippen molar-refractivity contribution in [1.29, 1.82) is 0 Å². The first-order valence-electron chi connectivity index (χ1n) is 8.91. The van der Waals surface area contributed by atoms with Crippen molar-refractivity contribution < 1.29 is 9.32 Å². The van der Waals surface area contributed by atoms with Crippen molar-refractivity contribution in [2.75, 3.05) is 5.32 Å². The highest BCUT2D eigenvalue weighted by Gasteiger charge is 2.13. The number of aromatic nitrogens is 5. The smallest absolute Gasteiger partial charge is 0.275 e. The van der Waals surface area contributed by atoms with Crippen LogP contribution in [0.2, 0.25) is 5.02 Å². The van der Waals surface area contributed by atoms with Gasteiger partial charge in [0.05, 0.1) is 5.56 Å². The van der Waals surface area contributed by atoms with Crippen LogP contribution in [0.4, 0.5) is 5.69 Å². The van der Waals surface area contributed by atoms with Crippen LogP contribution in [0, 0.1) is 0 Å². The highest BCUT2D eigenvalue weighted by atomic mass is 35.5. The largest absolute Gasteiger partial charge is 0.334 e. The first kappa shape index (κ1) is 18.8. The fraction of sp³-hybridized carbons (Fsp3) is 0.150. The molecule has 0 saturated carbocycles. The Morgan fingerprint density at radius 1 is 1.14 bits per heavy atom. The first-order chi connectivity index (χ1) is 14.0. The van der Waals surface area contributed by atoms with E-state index in [-0.39, 0.29) is 17.5 Å². The minimum Gasteiger partial charge on any atom is -0.334 e. The van der Waals surface area contributed by atoms with Gasteiger partial charge in [-0.15, -0.1) is 0 Å². The van der Waals surface area contributed by atoms with E-state index in [4.69, 9.17) is 16.1 Å². The Morgan fingerprint density at radius 3 is 2.59 bits per heavy atom. The van der Waals surface area contributed by atoms with Gasteiger partial charge >= 0.3 is 0 Å². The number of hydrogen-bond acceptors (Lipinski definition) is 6. The third-order valence-corrected chi connectivity index (χ3v) is 4.39. The number of nitrogens with zero attached hydrogens (tertiary/aromatic N) is 5. The predicted molar refractivity (Wildman–Crippen MR) is 108 cm³/mol. The van der Waals surface area contributed by atoms with Crippen molar-refractivity contribution in [3.63, 3.8) is 0 Å². The molecule has 0 saturated heterocycles. The highest BCUT2D eigenvalue weighted by molar-refractivity contribution is 6.30. The predicted octanol–water partition coefficient (Wildman–Crippen LogP) is 4.35. The van der Waals surface area contributed by atoms with Crippen molar-refractivity contribution in [2.45, 2.75) is 19.8 Å². The van der Waals surface area contributed by atoms with Gasteiger partial charge in [0.15, 0.2) is 5.82 Å². The summed E-state index contributed by atoms with van der Waals surface area (Å²) in [6.45, 7) is 3.99. The summed E-state index contributed by atoms with van der Waals surface area (Å²) in [5.74, 6) is 1.53. The molecule has 4 aromatic rings. The lowest BCUT2D eigenvalue weighted by molar-refractivity contribution is 0.102. The van der Waals surface area contributed by atoms with Gasteiger partial charge in [-0.05, 0) is 36.4 Å². The fourth-order valence-corrected chi connectivity index (χ4v) is 2.67. The third-order valence-electron chi connectivity index (χ3n) is 4.13. The highest BCUT2D eigenvalue weighted by Crippen LogP contribution is 2.20. The number of hydrogen-bond donors (Lipinski definition) is 1. The van der Waals surface area contributed by atoms with Crippen LogP contribution >= 0.6 is 11.6 Å². The maximum Gasteiger partial charge on any atom is 0.275 e. The molecule has 29 heavy (non-hydrogen) atoms. The number of pyridine rings is 1. The van der Waals surface area contributed by atoms with Crippen molar-refractivity contribution in [3.05, 3.63) is 71.7 Å². The molecule has 4 rings (SSSR count). The monoisotopic (exact) mass is 408 g/mol. The van der Waals surface area contributed by atoms with E-state index >= 15 is 0 Å². The van der Waals surface area contributed by atoms with Gasteiger partial charge in [0.25, 0.3) is 11.8 Å². The quantitative estimate of drug-likeness (QED) is 0.527. The van der Waals surface area contributed by atoms with E-state index < -0.39 is 0 Å². The molecular weight excluding hydrogens is 392 g/mol. The van der Waals surface area contributed by atoms with Gasteiger partial charge in [0, 0.05) is 29.0 Å². The Bertz CT molecular complexity index is 1130. The molecule has 0 unspecified atom stereocenters. The van der Waals surface area contributed by atoms with Gasteiger partial charge in [-0.1, -0.05) is 30.6 Å². The molecule has 146 valence electrons. The van der Waals surface area contributed by atoms with E-state index in [9.17, 15) is 4.79 Å². The molecule has 0 aliphatic heterocycles. The summed E-state index contributed by atoms with van der Waals surface area (Å²) < 4.78 is 6.94. The Hall–Kier alpha value is -3.52. The number of carbonyl (C=O) groups excluding carboxylic acids is 1. The minimum absolute atomic E-state index is 0.183. The van der Waals surface area contributed by atoms with Crippen molar-refractivity contribution in [2.24, 2.45) is 0 Å². The molecular formula is C20H17ClN6O2. The SMILES string of the molecule is CC(C)c1noc(-c2ccc(-n3cnc(C(=O)Nc4ccc(Cl)cc4)c3)nc2)n1. The Kier molecular flexibility index (Phi) is 5.09. The number of halogens is 1. The average Bonchev–Trinajstić information content (AvgIpc) is 3.40. The van der Waals surface area contributed by atoms with Crippen LogP contribution < -0.4 is 5.32 Å². The number of nitrogens with one attached hydrogen (secondary N) is 1. The number of rotatable bonds is 5. The number of anilines is 1. The van der Waals surface area contributed by atoms with Gasteiger partial charge in [-0.25, -0.2) is 9.97 Å². The summed E-state index contributed by atoms with van der Waals surface area (Å²) >= 11 is 5.85. The van der Waals surface area contributed by atoms with E-state index in [1.165, 1.54) is 6.33 Å². The molecule has 1 N–H and O–H groups in total. The summed E-state index contributed by atoms with van der Waals surface area (Å²) in [4.78, 5) is 25.3. The molecule has 0 aliphatic rings. The standard InChI is InChI=1S/C20H17ClN6O2/c1-12(2)18-25-20(29-26-18)13-3-8-17(22-9-13)27-10-16(23-11-27)19(28)24-15-6-4-14(21)5-7-15/h3-12H,1-2H3,(H,24,28). The Balaban J connectivity index is 1.48. The lowest BCUT2D eigenvalue weighted by atomic mass is 10.2. The second-order valence-corrected chi connectivity index (χ2v) is 7.08. The van der Waals surface area contributed by atoms with Crippen LogP contribution in [-0.4, -0.2) is 30.6 Å². The molecule has 0 bridgehead atoms. The van der Waals surface area contributed by atoms with E-state index in [1.54, 1.807) is 47.3 Å². The van der Waals surface area contributed by atoms with E-state index in [0.717, 1.165) is 0 Å². The molecule has 0 atom stereocenters. The van der Waals surface area contributed by atoms with Crippen LogP contribution in [0.1, 0.15) is 36.1 Å². The van der Waals surface area contributed by atoms with E-state index in [1.807, 2.05) is 19.9 Å². The van der Waals surface area contributed by atoms with Crippen molar-refractivity contribution in [3.8, 4) is 17.3 Å². The van der Waals surface area contributed by atoms with Crippen LogP contribution in [0.25, 0.3) is 17.3 Å². The van der Waals surface area contributed by atoms with Crippen LogP contribution in [0.15, 0.2) is 59.6 Å². The molecule has 1 amide bonds. The van der Waals surface area contributed by atoms with Gasteiger partial charge in [0.1, 0.15) is 17.8 Å². The third kappa shape index (κ3) is 4.17. The zero-order valence-corrected chi connectivity index (χ0v) is 16.5. The fourth-order valence-electron chi connectivity index (χ4n) is 2.55. The molecule has 0 aliphatic carbocycles. The van der Waals surface area contributed by atoms with Gasteiger partial charge < -0.3 is 9.84 Å². The van der Waals surface area contributed by atoms with Gasteiger partial charge in [0.2, 0.25) is 0 Å². The van der Waals surface area contributed by atoms with Gasteiger partial charge in [-0.2, -0.15) is 4.98 Å². The van der Waals surface area contributed by atoms with Gasteiger partial charge in [-0.3, -0.25) is 9.36 Å². The topological polar surface area (TPSA) is 98.7 Å². The molecule has 9 heteroatoms. The minimum atomic E-state index is -0.324. The maximum absolute atomic E-state index is 12.4. The van der Waals surface area contributed by atoms with Crippen LogP contribution in [-0.2, 0) is 0 Å². The summed E-state index contributed by atoms with van der Waals surface area (Å²) in [6.07, 6.45) is 4.78. The zero-order valence-electron chi connectivity index (χ0n) is 15.7. The number of imidazole rings is 1. The summed E-state index contributed by atoms with van der Waals surface area (Å²) in [7, 11) is 0. The second-order valence-electron chi connectivity index (χ2n) is 6.64. The van der Waals surface area contributed by atoms with Crippen LogP contribution in [0.3, 0.4) is 0 Å². The number of carbonyl (C=O) groups is 1. The molecule has 0 radical (unpaired) electrons. The normalized spacial score (nSPS) is 11.0. The summed E-state index contributed by atoms with van der Waals surface area (Å²) in [6, 6.07) is 10.5. The Morgan fingerprint density at radius 2 is 1.93 bits per heavy atom.